The predicted octanol–water partition coefficient (Wildman–Crippen LogP) is 4.01. The van der Waals surface area contributed by atoms with Crippen LogP contribution in [0.15, 0.2) is 42.5 Å². The highest BCUT2D eigenvalue weighted by Crippen LogP contribution is 2.44. The third-order valence-electron chi connectivity index (χ3n) is 5.13. The van der Waals surface area contributed by atoms with Crippen LogP contribution in [0, 0.1) is 12.7 Å². The molecule has 0 aliphatic carbocycles. The molecule has 0 saturated heterocycles. The van der Waals surface area contributed by atoms with Crippen molar-refractivity contribution in [2.75, 3.05) is 19.5 Å². The molecule has 2 N–H and O–H groups in total. The Bertz CT molecular complexity index is 1120. The van der Waals surface area contributed by atoms with Crippen LogP contribution in [0.3, 0.4) is 0 Å². The van der Waals surface area contributed by atoms with Crippen LogP contribution in [0.4, 0.5) is 10.1 Å². The van der Waals surface area contributed by atoms with Crippen molar-refractivity contribution in [2.24, 2.45) is 0 Å². The first kappa shape index (κ1) is 18.7. The maximum Gasteiger partial charge on any atom is 0.340 e. The van der Waals surface area contributed by atoms with Gasteiger partial charge in [-0.1, -0.05) is 0 Å². The first-order valence-electron chi connectivity index (χ1n) is 9.00. The highest BCUT2D eigenvalue weighted by Gasteiger charge is 2.39. The maximum atomic E-state index is 14.0. The van der Waals surface area contributed by atoms with Gasteiger partial charge in [0.25, 0.3) is 0 Å². The quantitative estimate of drug-likeness (QED) is 0.656. The zero-order valence-electron chi connectivity index (χ0n) is 16.1. The van der Waals surface area contributed by atoms with Crippen LogP contribution in [0.1, 0.15) is 33.1 Å². The van der Waals surface area contributed by atoms with Gasteiger partial charge in [0.15, 0.2) is 0 Å². The molecule has 0 spiro atoms. The van der Waals surface area contributed by atoms with Crippen LogP contribution in [0.5, 0.6) is 5.75 Å². The van der Waals surface area contributed by atoms with E-state index in [1.54, 1.807) is 26.2 Å². The fraction of sp³-hybridized carbons (Fsp3) is 0.182. The van der Waals surface area contributed by atoms with Gasteiger partial charge in [0.05, 0.1) is 31.4 Å². The third kappa shape index (κ3) is 3.04. The van der Waals surface area contributed by atoms with Crippen molar-refractivity contribution >= 4 is 17.6 Å². The van der Waals surface area contributed by atoms with Gasteiger partial charge in [-0.15, -0.1) is 0 Å². The van der Waals surface area contributed by atoms with Crippen molar-refractivity contribution in [2.45, 2.75) is 12.8 Å². The molecule has 0 unspecified atom stereocenters. The molecule has 2 aromatic carbocycles. The number of esters is 1. The van der Waals surface area contributed by atoms with E-state index in [4.69, 9.17) is 9.47 Å². The number of carbonyl (C=O) groups excluding carboxylic acids is 2. The maximum absolute atomic E-state index is 14.0. The molecule has 4 rings (SSSR count). The third-order valence-corrected chi connectivity index (χ3v) is 5.13. The molecule has 148 valence electrons. The number of rotatable bonds is 4. The van der Waals surface area contributed by atoms with Crippen molar-refractivity contribution in [1.29, 1.82) is 0 Å². The molecular formula is C22H19FN2O4. The van der Waals surface area contributed by atoms with E-state index in [-0.39, 0.29) is 11.5 Å². The van der Waals surface area contributed by atoms with Gasteiger partial charge in [0.2, 0.25) is 5.91 Å². The van der Waals surface area contributed by atoms with Crippen LogP contribution in [-0.2, 0) is 9.53 Å². The summed E-state index contributed by atoms with van der Waals surface area (Å²) in [6.07, 6.45) is 0. The molecular weight excluding hydrogens is 375 g/mol. The Balaban J connectivity index is 1.97. The Morgan fingerprint density at radius 3 is 2.48 bits per heavy atom. The Hall–Kier alpha value is -3.61. The first-order chi connectivity index (χ1) is 13.9. The zero-order chi connectivity index (χ0) is 20.7. The van der Waals surface area contributed by atoms with E-state index < -0.39 is 17.7 Å². The van der Waals surface area contributed by atoms with Crippen LogP contribution in [0.2, 0.25) is 0 Å². The number of carbonyl (C=O) groups is 2. The average molecular weight is 394 g/mol. The molecule has 3 aromatic rings. The number of aromatic nitrogens is 1. The number of hydrogen-bond donors (Lipinski definition) is 2. The second kappa shape index (κ2) is 7.09. The second-order valence-electron chi connectivity index (χ2n) is 6.79. The van der Waals surface area contributed by atoms with Crippen LogP contribution in [-0.4, -0.2) is 31.1 Å². The molecule has 0 fully saturated rings. The number of aryl methyl sites for hydroxylation is 1. The topological polar surface area (TPSA) is 80.4 Å². The summed E-state index contributed by atoms with van der Waals surface area (Å²) in [6, 6.07) is 11.4. The SMILES string of the molecule is COC(=O)c1c(C)[nH]c(-c2ccc(OC)cc2)c1[C@@H]1C(=O)Nc2ccc(F)cc21. The van der Waals surface area contributed by atoms with Crippen molar-refractivity contribution in [3.63, 3.8) is 0 Å². The molecule has 0 saturated carbocycles. The average Bonchev–Trinajstić information content (AvgIpc) is 3.22. The van der Waals surface area contributed by atoms with Gasteiger partial charge in [0.1, 0.15) is 11.6 Å². The summed E-state index contributed by atoms with van der Waals surface area (Å²) < 4.78 is 24.1. The monoisotopic (exact) mass is 394 g/mol. The van der Waals surface area contributed by atoms with Gasteiger partial charge >= 0.3 is 5.97 Å². The molecule has 29 heavy (non-hydrogen) atoms. The molecule has 1 atom stereocenters. The van der Waals surface area contributed by atoms with Crippen LogP contribution < -0.4 is 10.1 Å². The minimum atomic E-state index is -0.850. The summed E-state index contributed by atoms with van der Waals surface area (Å²) in [5, 5.41) is 2.77. The molecule has 1 aliphatic rings. The number of H-pyrrole nitrogens is 1. The van der Waals surface area contributed by atoms with Crippen LogP contribution in [0.25, 0.3) is 11.3 Å². The number of methoxy groups -OCH3 is 2. The number of anilines is 1. The lowest BCUT2D eigenvalue weighted by Crippen LogP contribution is -2.17. The number of benzene rings is 2. The summed E-state index contributed by atoms with van der Waals surface area (Å²) >= 11 is 0. The highest BCUT2D eigenvalue weighted by molar-refractivity contribution is 6.08. The number of nitrogens with one attached hydrogen (secondary N) is 2. The van der Waals surface area contributed by atoms with Gasteiger partial charge < -0.3 is 19.8 Å². The van der Waals surface area contributed by atoms with Gasteiger partial charge in [0, 0.05) is 16.9 Å². The molecule has 2 heterocycles. The largest absolute Gasteiger partial charge is 0.497 e. The Morgan fingerprint density at radius 1 is 1.10 bits per heavy atom. The predicted molar refractivity (Wildman–Crippen MR) is 106 cm³/mol. The van der Waals surface area contributed by atoms with E-state index in [0.717, 1.165) is 5.56 Å². The van der Waals surface area contributed by atoms with E-state index in [0.29, 0.717) is 34.0 Å². The van der Waals surface area contributed by atoms with Crippen molar-refractivity contribution < 1.29 is 23.5 Å². The fourth-order valence-electron chi connectivity index (χ4n) is 3.80. The van der Waals surface area contributed by atoms with Gasteiger partial charge in [-0.3, -0.25) is 4.79 Å². The van der Waals surface area contributed by atoms with Gasteiger partial charge in [-0.05, 0) is 60.5 Å². The molecule has 1 aromatic heterocycles. The number of aromatic amines is 1. The normalized spacial score (nSPS) is 15.0. The number of hydrogen-bond acceptors (Lipinski definition) is 4. The highest BCUT2D eigenvalue weighted by atomic mass is 19.1. The molecule has 0 bridgehead atoms. The lowest BCUT2D eigenvalue weighted by Gasteiger charge is -2.14. The summed E-state index contributed by atoms with van der Waals surface area (Å²) in [5.41, 5.74) is 3.66. The Morgan fingerprint density at radius 2 is 1.83 bits per heavy atom. The van der Waals surface area contributed by atoms with Gasteiger partial charge in [-0.2, -0.15) is 0 Å². The van der Waals surface area contributed by atoms with Gasteiger partial charge in [-0.25, -0.2) is 9.18 Å². The number of ether oxygens (including phenoxy) is 2. The Kier molecular flexibility index (Phi) is 4.58. The van der Waals surface area contributed by atoms with E-state index in [2.05, 4.69) is 10.3 Å². The number of fused-ring (bicyclic) bond motifs is 1. The van der Waals surface area contributed by atoms with E-state index in [1.807, 2.05) is 12.1 Å². The lowest BCUT2D eigenvalue weighted by atomic mass is 9.87. The van der Waals surface area contributed by atoms with Crippen LogP contribution >= 0.6 is 0 Å². The van der Waals surface area contributed by atoms with E-state index in [9.17, 15) is 14.0 Å². The summed E-state index contributed by atoms with van der Waals surface area (Å²) in [7, 11) is 2.86. The summed E-state index contributed by atoms with van der Waals surface area (Å²) in [5.74, 6) is -1.52. The van der Waals surface area contributed by atoms with Crippen molar-refractivity contribution in [3.05, 3.63) is 70.7 Å². The zero-order valence-corrected chi connectivity index (χ0v) is 16.1. The Labute approximate surface area is 166 Å². The van der Waals surface area contributed by atoms with E-state index in [1.165, 1.54) is 25.3 Å². The molecule has 1 amide bonds. The molecule has 7 heteroatoms. The summed E-state index contributed by atoms with van der Waals surface area (Å²) in [6.45, 7) is 1.74. The smallest absolute Gasteiger partial charge is 0.340 e. The van der Waals surface area contributed by atoms with E-state index >= 15 is 0 Å². The van der Waals surface area contributed by atoms with Crippen molar-refractivity contribution in [1.82, 2.24) is 4.98 Å². The minimum absolute atomic E-state index is 0.274. The summed E-state index contributed by atoms with van der Waals surface area (Å²) in [4.78, 5) is 28.7. The second-order valence-corrected chi connectivity index (χ2v) is 6.79. The number of halogens is 1. The molecule has 0 radical (unpaired) electrons. The fourth-order valence-corrected chi connectivity index (χ4v) is 3.80. The number of amides is 1. The standard InChI is InChI=1S/C22H19FN2O4/c1-11-17(22(27)29-3)19(20(24-11)12-4-7-14(28-2)8-5-12)18-15-10-13(23)6-9-16(15)25-21(18)26/h4-10,18,24H,1-3H3,(H,25,26)/t18-/m1/s1. The van der Waals surface area contributed by atoms with Crippen molar-refractivity contribution in [3.8, 4) is 17.0 Å². The molecule has 6 nitrogen and oxygen atoms in total. The lowest BCUT2D eigenvalue weighted by molar-refractivity contribution is -0.116. The first-order valence-corrected chi connectivity index (χ1v) is 9.00. The minimum Gasteiger partial charge on any atom is -0.497 e. The molecule has 1 aliphatic heterocycles.